The Bertz CT molecular complexity index is 346. The predicted octanol–water partition coefficient (Wildman–Crippen LogP) is -0.622. The molecule has 0 aromatic rings. The summed E-state index contributed by atoms with van der Waals surface area (Å²) >= 11 is 0. The number of carbonyl (C=O) groups is 3. The van der Waals surface area contributed by atoms with Crippen LogP contribution in [0.25, 0.3) is 0 Å². The van der Waals surface area contributed by atoms with Crippen molar-refractivity contribution in [1.82, 2.24) is 10.6 Å². The average Bonchev–Trinajstić information content (AvgIpc) is 2.32. The van der Waals surface area contributed by atoms with Gasteiger partial charge in [0.05, 0.1) is 6.04 Å². The first kappa shape index (κ1) is 18.2. The van der Waals surface area contributed by atoms with Crippen molar-refractivity contribution in [1.29, 1.82) is 0 Å². The maximum Gasteiger partial charge on any atom is 0.404 e. The summed E-state index contributed by atoms with van der Waals surface area (Å²) in [5.74, 6) is -0.833. The number of hydrogen-bond donors (Lipinski definition) is 5. The van der Waals surface area contributed by atoms with Gasteiger partial charge in [0.15, 0.2) is 0 Å². The second kappa shape index (κ2) is 9.13. The molecule has 0 radical (unpaired) electrons. The van der Waals surface area contributed by atoms with Crippen molar-refractivity contribution in [2.45, 2.75) is 45.2 Å². The van der Waals surface area contributed by atoms with E-state index in [1.807, 2.05) is 13.8 Å². The van der Waals surface area contributed by atoms with E-state index in [2.05, 4.69) is 10.6 Å². The van der Waals surface area contributed by atoms with Crippen molar-refractivity contribution in [2.24, 2.45) is 17.4 Å². The van der Waals surface area contributed by atoms with Gasteiger partial charge >= 0.3 is 6.09 Å². The third kappa shape index (κ3) is 8.30. The number of amides is 3. The Morgan fingerprint density at radius 2 is 1.85 bits per heavy atom. The molecule has 116 valence electrons. The van der Waals surface area contributed by atoms with E-state index in [1.165, 1.54) is 0 Å². The molecular weight excluding hydrogens is 264 g/mol. The first-order chi connectivity index (χ1) is 9.23. The zero-order chi connectivity index (χ0) is 15.7. The summed E-state index contributed by atoms with van der Waals surface area (Å²) < 4.78 is 0. The predicted molar refractivity (Wildman–Crippen MR) is 73.8 cm³/mol. The fourth-order valence-corrected chi connectivity index (χ4v) is 1.64. The zero-order valence-corrected chi connectivity index (χ0v) is 11.9. The molecule has 8 heteroatoms. The van der Waals surface area contributed by atoms with Crippen LogP contribution in [0.2, 0.25) is 0 Å². The topological polar surface area (TPSA) is 148 Å². The molecule has 0 spiro atoms. The third-order valence-corrected chi connectivity index (χ3v) is 2.67. The minimum Gasteiger partial charge on any atom is -0.465 e. The van der Waals surface area contributed by atoms with E-state index >= 15 is 0 Å². The molecule has 0 bridgehead atoms. The summed E-state index contributed by atoms with van der Waals surface area (Å²) in [6.45, 7) is 4.06. The minimum atomic E-state index is -1.12. The fraction of sp³-hybridized carbons (Fsp3) is 0.750. The molecule has 2 atom stereocenters. The SMILES string of the molecule is CC(C)C[C@H](NC(=O)[C@@H](N)CCCNC(=O)O)C(N)=O. The monoisotopic (exact) mass is 288 g/mol. The molecule has 0 aliphatic rings. The molecule has 0 aromatic heterocycles. The molecule has 0 aromatic carbocycles. The quantitative estimate of drug-likeness (QED) is 0.358. The van der Waals surface area contributed by atoms with Crippen molar-refractivity contribution < 1.29 is 19.5 Å². The van der Waals surface area contributed by atoms with Gasteiger partial charge in [-0.05, 0) is 25.2 Å². The third-order valence-electron chi connectivity index (χ3n) is 2.67. The molecule has 0 rings (SSSR count). The van der Waals surface area contributed by atoms with Crippen LogP contribution >= 0.6 is 0 Å². The van der Waals surface area contributed by atoms with Gasteiger partial charge in [-0.3, -0.25) is 9.59 Å². The van der Waals surface area contributed by atoms with Crippen LogP contribution in [0.15, 0.2) is 0 Å². The van der Waals surface area contributed by atoms with E-state index < -0.39 is 30.0 Å². The lowest BCUT2D eigenvalue weighted by atomic mass is 10.0. The molecule has 20 heavy (non-hydrogen) atoms. The number of rotatable bonds is 9. The van der Waals surface area contributed by atoms with Crippen molar-refractivity contribution in [3.63, 3.8) is 0 Å². The van der Waals surface area contributed by atoms with Crippen LogP contribution in [-0.4, -0.2) is 41.6 Å². The van der Waals surface area contributed by atoms with Crippen LogP contribution in [0.1, 0.15) is 33.1 Å². The lowest BCUT2D eigenvalue weighted by Crippen LogP contribution is -2.50. The van der Waals surface area contributed by atoms with Crippen LogP contribution in [0.5, 0.6) is 0 Å². The van der Waals surface area contributed by atoms with E-state index in [4.69, 9.17) is 16.6 Å². The molecule has 0 saturated heterocycles. The Morgan fingerprint density at radius 1 is 1.25 bits per heavy atom. The summed E-state index contributed by atoms with van der Waals surface area (Å²) in [6, 6.07) is -1.52. The second-order valence-electron chi connectivity index (χ2n) is 5.07. The normalized spacial score (nSPS) is 13.6. The largest absolute Gasteiger partial charge is 0.465 e. The molecule has 0 unspecified atom stereocenters. The van der Waals surface area contributed by atoms with Gasteiger partial charge in [0.1, 0.15) is 6.04 Å². The van der Waals surface area contributed by atoms with Gasteiger partial charge in [0.25, 0.3) is 0 Å². The molecule has 8 nitrogen and oxygen atoms in total. The van der Waals surface area contributed by atoms with Crippen LogP contribution in [-0.2, 0) is 9.59 Å². The molecule has 0 aliphatic carbocycles. The summed E-state index contributed by atoms with van der Waals surface area (Å²) in [4.78, 5) is 33.2. The smallest absolute Gasteiger partial charge is 0.404 e. The molecule has 0 heterocycles. The Morgan fingerprint density at radius 3 is 2.30 bits per heavy atom. The summed E-state index contributed by atoms with van der Waals surface area (Å²) in [6.07, 6.45) is 0.0914. The van der Waals surface area contributed by atoms with E-state index in [9.17, 15) is 14.4 Å². The molecule has 7 N–H and O–H groups in total. The van der Waals surface area contributed by atoms with Gasteiger partial charge in [-0.25, -0.2) is 4.79 Å². The van der Waals surface area contributed by atoms with Gasteiger partial charge in [-0.1, -0.05) is 13.8 Å². The van der Waals surface area contributed by atoms with Crippen molar-refractivity contribution in [2.75, 3.05) is 6.54 Å². The van der Waals surface area contributed by atoms with Crippen LogP contribution in [0, 0.1) is 5.92 Å². The second-order valence-corrected chi connectivity index (χ2v) is 5.07. The molecule has 3 amide bonds. The maximum absolute atomic E-state index is 11.8. The highest BCUT2D eigenvalue weighted by Crippen LogP contribution is 2.05. The van der Waals surface area contributed by atoms with E-state index in [1.54, 1.807) is 0 Å². The van der Waals surface area contributed by atoms with Gasteiger partial charge in [0, 0.05) is 6.54 Å². The number of carbonyl (C=O) groups excluding carboxylic acids is 2. The molecule has 0 fully saturated rings. The average molecular weight is 288 g/mol. The first-order valence-corrected chi connectivity index (χ1v) is 6.56. The standard InChI is InChI=1S/C12H24N4O4/c1-7(2)6-9(10(14)17)16-11(18)8(13)4-3-5-15-12(19)20/h7-9,15H,3-6,13H2,1-2H3,(H2,14,17)(H,16,18)(H,19,20)/t8-,9-/m0/s1. The van der Waals surface area contributed by atoms with Crippen LogP contribution < -0.4 is 22.1 Å². The lowest BCUT2D eigenvalue weighted by molar-refractivity contribution is -0.128. The van der Waals surface area contributed by atoms with E-state index in [-0.39, 0.29) is 12.5 Å². The summed E-state index contributed by atoms with van der Waals surface area (Å²) in [5.41, 5.74) is 10.9. The number of primary amides is 1. The Hall–Kier alpha value is -1.83. The molecular formula is C12H24N4O4. The van der Waals surface area contributed by atoms with E-state index in [0.717, 1.165) is 0 Å². The number of carboxylic acid groups (broad SMARTS) is 1. The fourth-order valence-electron chi connectivity index (χ4n) is 1.64. The van der Waals surface area contributed by atoms with E-state index in [0.29, 0.717) is 19.3 Å². The highest BCUT2D eigenvalue weighted by atomic mass is 16.4. The first-order valence-electron chi connectivity index (χ1n) is 6.56. The van der Waals surface area contributed by atoms with Crippen LogP contribution in [0.3, 0.4) is 0 Å². The zero-order valence-electron chi connectivity index (χ0n) is 11.9. The van der Waals surface area contributed by atoms with Crippen LogP contribution in [0.4, 0.5) is 4.79 Å². The molecule has 0 aliphatic heterocycles. The lowest BCUT2D eigenvalue weighted by Gasteiger charge is -2.20. The van der Waals surface area contributed by atoms with Gasteiger partial charge in [-0.2, -0.15) is 0 Å². The van der Waals surface area contributed by atoms with Crippen molar-refractivity contribution >= 4 is 17.9 Å². The Balaban J connectivity index is 4.15. The Labute approximate surface area is 118 Å². The van der Waals surface area contributed by atoms with Crippen molar-refractivity contribution in [3.8, 4) is 0 Å². The maximum atomic E-state index is 11.8. The van der Waals surface area contributed by atoms with Crippen molar-refractivity contribution in [3.05, 3.63) is 0 Å². The van der Waals surface area contributed by atoms with Gasteiger partial charge in [-0.15, -0.1) is 0 Å². The minimum absolute atomic E-state index is 0.212. The van der Waals surface area contributed by atoms with Gasteiger partial charge in [0.2, 0.25) is 11.8 Å². The highest BCUT2D eigenvalue weighted by molar-refractivity contribution is 5.88. The van der Waals surface area contributed by atoms with Gasteiger partial charge < -0.3 is 27.2 Å². The summed E-state index contributed by atoms with van der Waals surface area (Å²) in [7, 11) is 0. The number of nitrogens with one attached hydrogen (secondary N) is 2. The number of nitrogens with two attached hydrogens (primary N) is 2. The number of hydrogen-bond acceptors (Lipinski definition) is 4. The molecule has 0 saturated carbocycles. The Kier molecular flexibility index (Phi) is 8.30. The summed E-state index contributed by atoms with van der Waals surface area (Å²) in [5, 5.41) is 13.1. The highest BCUT2D eigenvalue weighted by Gasteiger charge is 2.22.